The molecule has 1 aromatic heterocycles. The molecule has 1 N–H and O–H groups in total. The lowest BCUT2D eigenvalue weighted by atomic mass is 9.86. The summed E-state index contributed by atoms with van der Waals surface area (Å²) in [5, 5.41) is 6.69. The monoisotopic (exact) mass is 492 g/mol. The summed E-state index contributed by atoms with van der Waals surface area (Å²) in [5.41, 5.74) is 1.07. The van der Waals surface area contributed by atoms with E-state index in [4.69, 9.17) is 4.74 Å². The number of rotatable bonds is 7. The number of aliphatic imine (C=N–C) groups is 1. The fourth-order valence-corrected chi connectivity index (χ4v) is 5.33. The van der Waals surface area contributed by atoms with Crippen LogP contribution in [0.5, 0.6) is 0 Å². The molecule has 2 saturated carbocycles. The summed E-state index contributed by atoms with van der Waals surface area (Å²) >= 11 is 1.66. The fraction of sp³-hybridized carbons (Fsp3) is 0.789. The highest BCUT2D eigenvalue weighted by Crippen LogP contribution is 2.49. The Morgan fingerprint density at radius 1 is 1.46 bits per heavy atom. The van der Waals surface area contributed by atoms with E-state index in [0.29, 0.717) is 0 Å². The van der Waals surface area contributed by atoms with Gasteiger partial charge in [-0.25, -0.2) is 4.98 Å². The van der Waals surface area contributed by atoms with Gasteiger partial charge in [-0.3, -0.25) is 4.99 Å². The minimum Gasteiger partial charge on any atom is -0.375 e. The van der Waals surface area contributed by atoms with Crippen molar-refractivity contribution in [1.82, 2.24) is 15.2 Å². The fourth-order valence-electron chi connectivity index (χ4n) is 4.48. The van der Waals surface area contributed by atoms with Gasteiger partial charge in [0.2, 0.25) is 0 Å². The minimum atomic E-state index is 0. The van der Waals surface area contributed by atoms with Crippen LogP contribution in [0.15, 0.2) is 10.4 Å². The van der Waals surface area contributed by atoms with Gasteiger partial charge in [0.15, 0.2) is 5.96 Å². The number of nitrogens with zero attached hydrogens (tertiary/aromatic N) is 3. The van der Waals surface area contributed by atoms with Crippen LogP contribution in [-0.2, 0) is 11.3 Å². The van der Waals surface area contributed by atoms with Crippen molar-refractivity contribution < 1.29 is 4.74 Å². The van der Waals surface area contributed by atoms with Crippen LogP contribution >= 0.6 is 35.3 Å². The second-order valence-corrected chi connectivity index (χ2v) is 8.50. The maximum Gasteiger partial charge on any atom is 0.193 e. The summed E-state index contributed by atoms with van der Waals surface area (Å²) in [5.74, 6) is 3.93. The summed E-state index contributed by atoms with van der Waals surface area (Å²) in [4.78, 5) is 11.3. The molecule has 2 fully saturated rings. The van der Waals surface area contributed by atoms with Gasteiger partial charge >= 0.3 is 0 Å². The van der Waals surface area contributed by atoms with E-state index in [0.717, 1.165) is 47.5 Å². The summed E-state index contributed by atoms with van der Waals surface area (Å²) in [6.07, 6.45) is 7.24. The van der Waals surface area contributed by atoms with Crippen LogP contribution in [0.25, 0.3) is 0 Å². The van der Waals surface area contributed by atoms with E-state index in [9.17, 15) is 0 Å². The van der Waals surface area contributed by atoms with Gasteiger partial charge < -0.3 is 15.0 Å². The van der Waals surface area contributed by atoms with Gasteiger partial charge in [0.05, 0.1) is 12.2 Å². The molecule has 1 heterocycles. The van der Waals surface area contributed by atoms with Crippen molar-refractivity contribution in [1.29, 1.82) is 0 Å². The number of fused-ring (bicyclic) bond motifs is 2. The van der Waals surface area contributed by atoms with Crippen LogP contribution in [0.4, 0.5) is 0 Å². The number of thiazole rings is 1. The van der Waals surface area contributed by atoms with Crippen LogP contribution in [-0.4, -0.2) is 43.6 Å². The van der Waals surface area contributed by atoms with Crippen LogP contribution in [0.2, 0.25) is 0 Å². The molecule has 2 aliphatic carbocycles. The number of aromatic nitrogens is 1. The highest BCUT2D eigenvalue weighted by molar-refractivity contribution is 14.0. The zero-order valence-corrected chi connectivity index (χ0v) is 19.5. The third kappa shape index (κ3) is 5.32. The average molecular weight is 492 g/mol. The highest BCUT2D eigenvalue weighted by atomic mass is 127. The van der Waals surface area contributed by atoms with Gasteiger partial charge in [0.1, 0.15) is 11.1 Å². The zero-order chi connectivity index (χ0) is 17.8. The number of methoxy groups -OCH3 is 1. The lowest BCUT2D eigenvalue weighted by Crippen LogP contribution is -2.39. The Labute approximate surface area is 179 Å². The number of nitrogens with one attached hydrogen (secondary N) is 1. The van der Waals surface area contributed by atoms with E-state index < -0.39 is 0 Å². The molecule has 2 aliphatic rings. The van der Waals surface area contributed by atoms with E-state index in [2.05, 4.69) is 32.6 Å². The summed E-state index contributed by atoms with van der Waals surface area (Å²) < 4.78 is 5.34. The number of halogens is 1. The van der Waals surface area contributed by atoms with Crippen molar-refractivity contribution in [2.75, 3.05) is 27.7 Å². The summed E-state index contributed by atoms with van der Waals surface area (Å²) in [6, 6.07) is 0. The topological polar surface area (TPSA) is 49.8 Å². The smallest absolute Gasteiger partial charge is 0.193 e. The molecule has 26 heavy (non-hydrogen) atoms. The Morgan fingerprint density at radius 2 is 2.27 bits per heavy atom. The minimum absolute atomic E-state index is 0. The molecule has 3 rings (SSSR count). The number of guanidine groups is 1. The molecule has 0 aliphatic heterocycles. The molecule has 7 heteroatoms. The molecule has 0 radical (unpaired) electrons. The van der Waals surface area contributed by atoms with Gasteiger partial charge in [0, 0.05) is 33.1 Å². The Bertz CT molecular complexity index is 594. The molecular formula is C19H33IN4OS. The first-order valence-corrected chi connectivity index (χ1v) is 10.4. The Balaban J connectivity index is 0.00000243. The number of ether oxygens (including phenoxy) is 1. The molecule has 5 nitrogen and oxygen atoms in total. The van der Waals surface area contributed by atoms with Crippen LogP contribution < -0.4 is 5.32 Å². The summed E-state index contributed by atoms with van der Waals surface area (Å²) in [7, 11) is 5.65. The molecule has 2 bridgehead atoms. The zero-order valence-electron chi connectivity index (χ0n) is 16.4. The van der Waals surface area contributed by atoms with E-state index in [1.54, 1.807) is 18.4 Å². The van der Waals surface area contributed by atoms with Gasteiger partial charge in [-0.1, -0.05) is 6.42 Å². The predicted molar refractivity (Wildman–Crippen MR) is 119 cm³/mol. The first-order chi connectivity index (χ1) is 12.1. The maximum atomic E-state index is 5.34. The molecule has 0 amide bonds. The lowest BCUT2D eigenvalue weighted by molar-refractivity contribution is 0.119. The highest BCUT2D eigenvalue weighted by Gasteiger charge is 2.38. The number of hydrogen-bond donors (Lipinski definition) is 1. The van der Waals surface area contributed by atoms with Crippen molar-refractivity contribution in [3.05, 3.63) is 16.1 Å². The molecule has 4 atom stereocenters. The van der Waals surface area contributed by atoms with Gasteiger partial charge in [-0.05, 0) is 50.4 Å². The largest absolute Gasteiger partial charge is 0.375 e. The quantitative estimate of drug-likeness (QED) is 0.350. The van der Waals surface area contributed by atoms with Crippen molar-refractivity contribution in [2.24, 2.45) is 22.7 Å². The molecule has 0 aromatic carbocycles. The van der Waals surface area contributed by atoms with E-state index >= 15 is 0 Å². The Hall–Kier alpha value is -0.410. The molecule has 4 unspecified atom stereocenters. The number of hydrogen-bond acceptors (Lipinski definition) is 4. The molecule has 0 saturated heterocycles. The first-order valence-electron chi connectivity index (χ1n) is 9.49. The Kier molecular flexibility index (Phi) is 8.60. The SMILES string of the molecule is CN=C(NCCC1CC2CCC1C2)N(C)Cc1csc(C(C)OC)n1.I. The third-order valence-corrected chi connectivity index (χ3v) is 6.98. The van der Waals surface area contributed by atoms with Gasteiger partial charge in [-0.15, -0.1) is 35.3 Å². The standard InChI is InChI=1S/C19H32N4OS.HI/c1-13(24-4)18-22-17(12-25-18)11-23(3)19(20-2)21-8-7-16-10-14-5-6-15(16)9-14;/h12-16H,5-11H2,1-4H3,(H,20,21);1H. The summed E-state index contributed by atoms with van der Waals surface area (Å²) in [6.45, 7) is 3.82. The predicted octanol–water partition coefficient (Wildman–Crippen LogP) is 4.30. The van der Waals surface area contributed by atoms with Gasteiger partial charge in [-0.2, -0.15) is 0 Å². The van der Waals surface area contributed by atoms with Crippen molar-refractivity contribution >= 4 is 41.3 Å². The Morgan fingerprint density at radius 3 is 2.88 bits per heavy atom. The van der Waals surface area contributed by atoms with E-state index in [-0.39, 0.29) is 30.1 Å². The molecule has 0 spiro atoms. The average Bonchev–Trinajstić information content (AvgIpc) is 3.34. The second-order valence-electron chi connectivity index (χ2n) is 7.61. The third-order valence-electron chi connectivity index (χ3n) is 5.93. The van der Waals surface area contributed by atoms with E-state index in [1.807, 2.05) is 14.0 Å². The van der Waals surface area contributed by atoms with Gasteiger partial charge in [0.25, 0.3) is 0 Å². The molecular weight excluding hydrogens is 459 g/mol. The van der Waals surface area contributed by atoms with Crippen LogP contribution in [0.3, 0.4) is 0 Å². The van der Waals surface area contributed by atoms with Crippen LogP contribution in [0.1, 0.15) is 55.8 Å². The molecule has 148 valence electrons. The first kappa shape index (κ1) is 21.9. The maximum absolute atomic E-state index is 5.34. The van der Waals surface area contributed by atoms with Crippen LogP contribution in [0, 0.1) is 17.8 Å². The van der Waals surface area contributed by atoms with Crippen molar-refractivity contribution in [2.45, 2.75) is 51.7 Å². The van der Waals surface area contributed by atoms with E-state index in [1.165, 1.54) is 32.1 Å². The lowest BCUT2D eigenvalue weighted by Gasteiger charge is -2.24. The second kappa shape index (κ2) is 10.2. The normalized spacial score (nSPS) is 25.8. The van der Waals surface area contributed by atoms with Crippen molar-refractivity contribution in [3.8, 4) is 0 Å². The van der Waals surface area contributed by atoms with Crippen molar-refractivity contribution in [3.63, 3.8) is 0 Å². The molecule has 1 aromatic rings.